The lowest BCUT2D eigenvalue weighted by molar-refractivity contribution is -0.142. The van der Waals surface area contributed by atoms with Crippen LogP contribution in [0, 0.1) is 11.3 Å². The molecule has 1 unspecified atom stereocenters. The van der Waals surface area contributed by atoms with Crippen molar-refractivity contribution in [1.82, 2.24) is 4.90 Å². The van der Waals surface area contributed by atoms with Gasteiger partial charge in [0.1, 0.15) is 5.41 Å². The van der Waals surface area contributed by atoms with Crippen LogP contribution in [0.25, 0.3) is 0 Å². The largest absolute Gasteiger partial charge is 0.409 e. The van der Waals surface area contributed by atoms with Crippen molar-refractivity contribution >= 4 is 11.7 Å². The maximum atomic E-state index is 12.6. The zero-order chi connectivity index (χ0) is 13.2. The molecule has 102 valence electrons. The van der Waals surface area contributed by atoms with Gasteiger partial charge in [-0.3, -0.25) is 4.79 Å². The van der Waals surface area contributed by atoms with Gasteiger partial charge in [-0.2, -0.15) is 0 Å². The van der Waals surface area contributed by atoms with E-state index >= 15 is 0 Å². The van der Waals surface area contributed by atoms with Crippen LogP contribution in [0.15, 0.2) is 5.16 Å². The first-order valence-corrected chi connectivity index (χ1v) is 6.87. The number of hydrogen-bond donors (Lipinski definition) is 2. The van der Waals surface area contributed by atoms with Crippen molar-refractivity contribution in [2.45, 2.75) is 45.4 Å². The van der Waals surface area contributed by atoms with Gasteiger partial charge in [-0.05, 0) is 38.0 Å². The van der Waals surface area contributed by atoms with Crippen LogP contribution in [0.2, 0.25) is 0 Å². The minimum absolute atomic E-state index is 0.0677. The van der Waals surface area contributed by atoms with Gasteiger partial charge in [0.05, 0.1) is 0 Å². The van der Waals surface area contributed by atoms with E-state index in [1.165, 1.54) is 6.42 Å². The molecule has 3 N–H and O–H groups in total. The van der Waals surface area contributed by atoms with Crippen molar-refractivity contribution in [3.8, 4) is 0 Å². The lowest BCUT2D eigenvalue weighted by atomic mass is 9.66. The zero-order valence-electron chi connectivity index (χ0n) is 11.1. The van der Waals surface area contributed by atoms with E-state index in [0.717, 1.165) is 32.4 Å². The van der Waals surface area contributed by atoms with E-state index in [9.17, 15) is 4.79 Å². The fourth-order valence-electron chi connectivity index (χ4n) is 2.97. The lowest BCUT2D eigenvalue weighted by Gasteiger charge is -2.42. The number of nitrogens with two attached hydrogens (primary N) is 1. The molecule has 0 spiro atoms. The quantitative estimate of drug-likeness (QED) is 0.339. The van der Waals surface area contributed by atoms with Gasteiger partial charge in [0.25, 0.3) is 0 Å². The SMILES string of the molecule is CC1CCCN(C(=O)C2(C(N)=NO)CCC2)CC1. The molecule has 2 fully saturated rings. The Kier molecular flexibility index (Phi) is 3.78. The molecule has 1 atom stereocenters. The molecule has 0 radical (unpaired) electrons. The van der Waals surface area contributed by atoms with Crippen molar-refractivity contribution in [1.29, 1.82) is 0 Å². The van der Waals surface area contributed by atoms with Crippen LogP contribution in [0.3, 0.4) is 0 Å². The summed E-state index contributed by atoms with van der Waals surface area (Å²) in [6.07, 6.45) is 5.70. The number of carbonyl (C=O) groups excluding carboxylic acids is 1. The third-order valence-corrected chi connectivity index (χ3v) is 4.52. The number of oxime groups is 1. The average molecular weight is 253 g/mol. The molecule has 2 rings (SSSR count). The second-order valence-corrected chi connectivity index (χ2v) is 5.75. The van der Waals surface area contributed by atoms with Crippen molar-refractivity contribution < 1.29 is 10.0 Å². The summed E-state index contributed by atoms with van der Waals surface area (Å²) in [6, 6.07) is 0. The third-order valence-electron chi connectivity index (χ3n) is 4.52. The number of amides is 1. The highest BCUT2D eigenvalue weighted by molar-refractivity contribution is 6.07. The van der Waals surface area contributed by atoms with Crippen molar-refractivity contribution in [3.05, 3.63) is 0 Å². The molecular weight excluding hydrogens is 230 g/mol. The Morgan fingerprint density at radius 2 is 2.06 bits per heavy atom. The van der Waals surface area contributed by atoms with Crippen molar-refractivity contribution in [2.75, 3.05) is 13.1 Å². The predicted molar refractivity (Wildman–Crippen MR) is 69.3 cm³/mol. The number of hydrogen-bond acceptors (Lipinski definition) is 3. The number of rotatable bonds is 2. The second-order valence-electron chi connectivity index (χ2n) is 5.75. The molecule has 5 nitrogen and oxygen atoms in total. The van der Waals surface area contributed by atoms with E-state index in [2.05, 4.69) is 12.1 Å². The summed E-state index contributed by atoms with van der Waals surface area (Å²) in [4.78, 5) is 14.5. The normalized spacial score (nSPS) is 28.4. The molecule has 0 aromatic carbocycles. The standard InChI is InChI=1S/C13H23N3O2/c1-10-4-2-8-16(9-5-10)12(17)13(6-3-7-13)11(14)15-18/h10,18H,2-9H2,1H3,(H2,14,15). The Labute approximate surface area is 108 Å². The molecule has 0 aromatic heterocycles. The third kappa shape index (κ3) is 2.18. The summed E-state index contributed by atoms with van der Waals surface area (Å²) >= 11 is 0. The molecule has 18 heavy (non-hydrogen) atoms. The number of likely N-dealkylation sites (tertiary alicyclic amines) is 1. The first kappa shape index (κ1) is 13.2. The molecule has 1 aliphatic carbocycles. The molecule has 0 bridgehead atoms. The van der Waals surface area contributed by atoms with Gasteiger partial charge in [-0.15, -0.1) is 0 Å². The van der Waals surface area contributed by atoms with Gasteiger partial charge >= 0.3 is 0 Å². The summed E-state index contributed by atoms with van der Waals surface area (Å²) in [5.74, 6) is 0.846. The van der Waals surface area contributed by atoms with Crippen LogP contribution >= 0.6 is 0 Å². The Morgan fingerprint density at radius 1 is 1.33 bits per heavy atom. The predicted octanol–water partition coefficient (Wildman–Crippen LogP) is 1.55. The summed E-state index contributed by atoms with van der Waals surface area (Å²) in [6.45, 7) is 3.85. The Morgan fingerprint density at radius 3 is 2.61 bits per heavy atom. The van der Waals surface area contributed by atoms with Crippen LogP contribution < -0.4 is 5.73 Å². The fraction of sp³-hybridized carbons (Fsp3) is 0.846. The summed E-state index contributed by atoms with van der Waals surface area (Å²) in [5, 5.41) is 12.0. The van der Waals surface area contributed by atoms with Crippen LogP contribution in [0.5, 0.6) is 0 Å². The van der Waals surface area contributed by atoms with Gasteiger partial charge in [0, 0.05) is 13.1 Å². The minimum atomic E-state index is -0.706. The highest BCUT2D eigenvalue weighted by Gasteiger charge is 2.50. The summed E-state index contributed by atoms with van der Waals surface area (Å²) in [7, 11) is 0. The zero-order valence-corrected chi connectivity index (χ0v) is 11.1. The van der Waals surface area contributed by atoms with Gasteiger partial charge in [-0.25, -0.2) is 0 Å². The molecule has 5 heteroatoms. The molecular formula is C13H23N3O2. The second kappa shape index (κ2) is 5.16. The van der Waals surface area contributed by atoms with E-state index in [0.29, 0.717) is 18.8 Å². The maximum Gasteiger partial charge on any atom is 0.236 e. The van der Waals surface area contributed by atoms with E-state index in [-0.39, 0.29) is 11.7 Å². The number of amidine groups is 1. The molecule has 1 saturated heterocycles. The summed E-state index contributed by atoms with van der Waals surface area (Å²) in [5.41, 5.74) is 5.03. The Bertz CT molecular complexity index is 350. The molecule has 1 aliphatic heterocycles. The molecule has 0 aromatic rings. The molecule has 1 heterocycles. The van der Waals surface area contributed by atoms with Gasteiger partial charge < -0.3 is 15.8 Å². The van der Waals surface area contributed by atoms with E-state index in [4.69, 9.17) is 10.9 Å². The molecule has 1 amide bonds. The van der Waals surface area contributed by atoms with Gasteiger partial charge in [0.2, 0.25) is 5.91 Å². The number of nitrogens with zero attached hydrogens (tertiary/aromatic N) is 2. The first-order valence-electron chi connectivity index (χ1n) is 6.87. The van der Waals surface area contributed by atoms with Crippen LogP contribution in [0.4, 0.5) is 0 Å². The molecule has 1 saturated carbocycles. The maximum absolute atomic E-state index is 12.6. The number of carbonyl (C=O) groups is 1. The monoisotopic (exact) mass is 253 g/mol. The van der Waals surface area contributed by atoms with Crippen LogP contribution in [0.1, 0.15) is 45.4 Å². The first-order chi connectivity index (χ1) is 8.60. The highest BCUT2D eigenvalue weighted by atomic mass is 16.4. The van der Waals surface area contributed by atoms with Crippen LogP contribution in [-0.4, -0.2) is 34.9 Å². The minimum Gasteiger partial charge on any atom is -0.409 e. The van der Waals surface area contributed by atoms with Crippen LogP contribution in [-0.2, 0) is 4.79 Å². The molecule has 2 aliphatic rings. The van der Waals surface area contributed by atoms with E-state index < -0.39 is 5.41 Å². The smallest absolute Gasteiger partial charge is 0.236 e. The van der Waals surface area contributed by atoms with E-state index in [1.54, 1.807) is 0 Å². The van der Waals surface area contributed by atoms with Crippen molar-refractivity contribution in [2.24, 2.45) is 22.2 Å². The Hall–Kier alpha value is -1.26. The topological polar surface area (TPSA) is 78.9 Å². The van der Waals surface area contributed by atoms with Gasteiger partial charge in [0.15, 0.2) is 5.84 Å². The summed E-state index contributed by atoms with van der Waals surface area (Å²) < 4.78 is 0. The van der Waals surface area contributed by atoms with Gasteiger partial charge in [-0.1, -0.05) is 18.5 Å². The van der Waals surface area contributed by atoms with E-state index in [1.807, 2.05) is 4.90 Å². The average Bonchev–Trinajstić information content (AvgIpc) is 2.52. The Balaban J connectivity index is 2.10. The fourth-order valence-corrected chi connectivity index (χ4v) is 2.97. The lowest BCUT2D eigenvalue weighted by Crippen LogP contribution is -2.55. The van der Waals surface area contributed by atoms with Crippen molar-refractivity contribution in [3.63, 3.8) is 0 Å². The highest BCUT2D eigenvalue weighted by Crippen LogP contribution is 2.43.